The molecule has 2 unspecified atom stereocenters. The van der Waals surface area contributed by atoms with Gasteiger partial charge in [0.1, 0.15) is 0 Å². The number of rotatable bonds is 0. The monoisotopic (exact) mass is 344 g/mol. The number of fused-ring (bicyclic) bond motifs is 1. The first-order valence-electron chi connectivity index (χ1n) is 12.0. The summed E-state index contributed by atoms with van der Waals surface area (Å²) >= 11 is 0. The number of hydrogen-bond donors (Lipinski definition) is 0. The van der Waals surface area contributed by atoms with Gasteiger partial charge in [-0.2, -0.15) is 0 Å². The van der Waals surface area contributed by atoms with E-state index in [1.807, 2.05) is 69.2 Å². The van der Waals surface area contributed by atoms with Gasteiger partial charge < -0.3 is 0 Å². The van der Waals surface area contributed by atoms with Crippen LogP contribution in [0.15, 0.2) is 0 Å². The Labute approximate surface area is 158 Å². The van der Waals surface area contributed by atoms with Gasteiger partial charge in [-0.25, -0.2) is 0 Å². The van der Waals surface area contributed by atoms with Gasteiger partial charge in [-0.05, 0) is 11.8 Å². The van der Waals surface area contributed by atoms with E-state index < -0.39 is 0 Å². The molecule has 24 heavy (non-hydrogen) atoms. The highest BCUT2D eigenvalue weighted by molar-refractivity contribution is 4.80. The average molecular weight is 345 g/mol. The maximum Gasteiger partial charge on any atom is -0.0386 e. The fourth-order valence-corrected chi connectivity index (χ4v) is 3.57. The summed E-state index contributed by atoms with van der Waals surface area (Å²) in [5, 5.41) is 0. The standard InChI is InChI=1S/C9H16.C5H10.5C2H6/c1-2-5-9-7-3-6-8(9)4-1;1-2-4-5-3-1;5*1-2/h8-9H,1-7H2;1-5H2;5*1-2H3. The van der Waals surface area contributed by atoms with Crippen LogP contribution in [-0.2, 0) is 0 Å². The van der Waals surface area contributed by atoms with Crippen LogP contribution in [0.25, 0.3) is 0 Å². The minimum absolute atomic E-state index is 1.17. The van der Waals surface area contributed by atoms with Crippen LogP contribution in [-0.4, -0.2) is 0 Å². The molecule has 3 aliphatic carbocycles. The molecule has 0 spiro atoms. The van der Waals surface area contributed by atoms with Crippen LogP contribution in [0, 0.1) is 11.8 Å². The van der Waals surface area contributed by atoms with E-state index in [4.69, 9.17) is 0 Å². The molecule has 0 heteroatoms. The van der Waals surface area contributed by atoms with Crippen molar-refractivity contribution in [3.8, 4) is 0 Å². The molecule has 0 amide bonds. The molecule has 0 aromatic carbocycles. The van der Waals surface area contributed by atoms with Gasteiger partial charge in [-0.1, -0.05) is 146 Å². The van der Waals surface area contributed by atoms with E-state index in [0.29, 0.717) is 0 Å². The predicted octanol–water partition coefficient (Wildman–Crippen LogP) is 10.1. The largest absolute Gasteiger partial charge is 0.0683 e. The third kappa shape index (κ3) is 20.0. The predicted molar refractivity (Wildman–Crippen MR) is 119 cm³/mol. The average Bonchev–Trinajstić information content (AvgIpc) is 3.44. The van der Waals surface area contributed by atoms with Crippen molar-refractivity contribution in [3.63, 3.8) is 0 Å². The minimum Gasteiger partial charge on any atom is -0.0683 e. The molecule has 0 radical (unpaired) electrons. The Balaban J connectivity index is -0.000000116. The third-order valence-electron chi connectivity index (χ3n) is 4.47. The second-order valence-corrected chi connectivity index (χ2v) is 5.50. The lowest BCUT2D eigenvalue weighted by atomic mass is 9.82. The van der Waals surface area contributed by atoms with Crippen LogP contribution in [0.2, 0.25) is 0 Å². The van der Waals surface area contributed by atoms with E-state index in [-0.39, 0.29) is 0 Å². The summed E-state index contributed by atoms with van der Waals surface area (Å²) in [5.74, 6) is 2.33. The summed E-state index contributed by atoms with van der Waals surface area (Å²) < 4.78 is 0. The van der Waals surface area contributed by atoms with Crippen molar-refractivity contribution in [2.24, 2.45) is 11.8 Å². The fourth-order valence-electron chi connectivity index (χ4n) is 3.57. The van der Waals surface area contributed by atoms with Gasteiger partial charge in [-0.15, -0.1) is 0 Å². The van der Waals surface area contributed by atoms with Crippen LogP contribution in [0.3, 0.4) is 0 Å². The van der Waals surface area contributed by atoms with E-state index >= 15 is 0 Å². The first kappa shape index (κ1) is 31.7. The SMILES string of the molecule is C1CCC2CCCC2C1.C1CCCC1.CC.CC.CC.CC.CC. The summed E-state index contributed by atoms with van der Waals surface area (Å²) in [6.45, 7) is 20.0. The van der Waals surface area contributed by atoms with Crippen LogP contribution >= 0.6 is 0 Å². The molecule has 0 aromatic heterocycles. The zero-order valence-electron chi connectivity index (χ0n) is 19.6. The van der Waals surface area contributed by atoms with Crippen molar-refractivity contribution >= 4 is 0 Å². The molecule has 0 aromatic rings. The van der Waals surface area contributed by atoms with Crippen molar-refractivity contribution in [2.75, 3.05) is 0 Å². The van der Waals surface area contributed by atoms with E-state index in [2.05, 4.69) is 0 Å². The second kappa shape index (κ2) is 34.4. The highest BCUT2D eigenvalue weighted by atomic mass is 14.3. The number of hydrogen-bond acceptors (Lipinski definition) is 0. The van der Waals surface area contributed by atoms with Gasteiger partial charge >= 0.3 is 0 Å². The Morgan fingerprint density at radius 2 is 0.500 bits per heavy atom. The summed E-state index contributed by atoms with van der Waals surface area (Å²) in [6, 6.07) is 0. The van der Waals surface area contributed by atoms with Gasteiger partial charge in [0, 0.05) is 0 Å². The lowest BCUT2D eigenvalue weighted by Gasteiger charge is -2.24. The molecule has 0 nitrogen and oxygen atoms in total. The van der Waals surface area contributed by atoms with Crippen molar-refractivity contribution in [1.82, 2.24) is 0 Å². The smallest absolute Gasteiger partial charge is 0.0386 e. The first-order valence-corrected chi connectivity index (χ1v) is 12.0. The summed E-state index contributed by atoms with van der Waals surface area (Å²) in [7, 11) is 0. The van der Waals surface area contributed by atoms with Gasteiger partial charge in [0.05, 0.1) is 0 Å². The van der Waals surface area contributed by atoms with Crippen LogP contribution < -0.4 is 0 Å². The molecule has 0 N–H and O–H groups in total. The molecule has 3 rings (SSSR count). The molecule has 0 saturated heterocycles. The Morgan fingerprint density at radius 3 is 0.750 bits per heavy atom. The Kier molecular flexibility index (Phi) is 45.4. The molecule has 0 heterocycles. The Hall–Kier alpha value is 0. The zero-order valence-corrected chi connectivity index (χ0v) is 19.6. The zero-order chi connectivity index (χ0) is 19.6. The molecule has 0 bridgehead atoms. The summed E-state index contributed by atoms with van der Waals surface area (Å²) in [4.78, 5) is 0. The quantitative estimate of drug-likeness (QED) is 0.410. The van der Waals surface area contributed by atoms with E-state index in [9.17, 15) is 0 Å². The van der Waals surface area contributed by atoms with Crippen molar-refractivity contribution in [1.29, 1.82) is 0 Å². The highest BCUT2D eigenvalue weighted by Gasteiger charge is 2.28. The molecule has 0 aliphatic heterocycles. The molecule has 2 atom stereocenters. The fraction of sp³-hybridized carbons (Fsp3) is 1.00. The summed E-state index contributed by atoms with van der Waals surface area (Å²) in [5.41, 5.74) is 0. The normalized spacial score (nSPS) is 22.2. The van der Waals surface area contributed by atoms with Crippen LogP contribution in [0.5, 0.6) is 0 Å². The topological polar surface area (TPSA) is 0 Å². The van der Waals surface area contributed by atoms with Gasteiger partial charge in [-0.3, -0.25) is 0 Å². The molecule has 152 valence electrons. The van der Waals surface area contributed by atoms with E-state index in [1.165, 1.54) is 63.2 Å². The molecule has 3 aliphatic rings. The van der Waals surface area contributed by atoms with Crippen molar-refractivity contribution in [3.05, 3.63) is 0 Å². The van der Waals surface area contributed by atoms with Gasteiger partial charge in [0.25, 0.3) is 0 Å². The van der Waals surface area contributed by atoms with Crippen LogP contribution in [0.1, 0.15) is 146 Å². The third-order valence-corrected chi connectivity index (χ3v) is 4.47. The molecular formula is C24H56. The Bertz CT molecular complexity index is 127. The highest BCUT2D eigenvalue weighted by Crippen LogP contribution is 2.41. The molecule has 3 fully saturated rings. The van der Waals surface area contributed by atoms with Crippen molar-refractivity contribution < 1.29 is 0 Å². The van der Waals surface area contributed by atoms with E-state index in [0.717, 1.165) is 0 Å². The maximum atomic E-state index is 2.00. The second-order valence-electron chi connectivity index (χ2n) is 5.50. The summed E-state index contributed by atoms with van der Waals surface area (Å²) in [6.07, 6.45) is 18.3. The lowest BCUT2D eigenvalue weighted by molar-refractivity contribution is 0.277. The maximum absolute atomic E-state index is 2.00. The minimum atomic E-state index is 1.17. The van der Waals surface area contributed by atoms with Gasteiger partial charge in [0.15, 0.2) is 0 Å². The van der Waals surface area contributed by atoms with Gasteiger partial charge in [0.2, 0.25) is 0 Å². The van der Waals surface area contributed by atoms with E-state index in [1.54, 1.807) is 25.7 Å². The Morgan fingerprint density at radius 1 is 0.292 bits per heavy atom. The lowest BCUT2D eigenvalue weighted by Crippen LogP contribution is -2.12. The molecule has 3 saturated carbocycles. The first-order chi connectivity index (χ1) is 12.0. The molecular weight excluding hydrogens is 288 g/mol. The van der Waals surface area contributed by atoms with Crippen molar-refractivity contribution in [2.45, 2.75) is 146 Å². The van der Waals surface area contributed by atoms with Crippen LogP contribution in [0.4, 0.5) is 0 Å².